The summed E-state index contributed by atoms with van der Waals surface area (Å²) < 4.78 is 63.2. The summed E-state index contributed by atoms with van der Waals surface area (Å²) in [5, 5.41) is 0. The van der Waals surface area contributed by atoms with Gasteiger partial charge in [-0.15, -0.1) is 0 Å². The minimum absolute atomic E-state index is 0.0445. The number of aryl methyl sites for hydroxylation is 1. The summed E-state index contributed by atoms with van der Waals surface area (Å²) in [6.45, 7) is 1.92. The molecule has 8 heteroatoms. The second-order valence-corrected chi connectivity index (χ2v) is 11.2. The molecule has 0 saturated heterocycles. The molecule has 0 heterocycles. The fourth-order valence-corrected chi connectivity index (χ4v) is 4.86. The van der Waals surface area contributed by atoms with Gasteiger partial charge in [0.25, 0.3) is 0 Å². The maximum Gasteiger partial charge on any atom is 0.325 e. The van der Waals surface area contributed by atoms with Crippen molar-refractivity contribution in [3.05, 3.63) is 109 Å². The van der Waals surface area contributed by atoms with Crippen LogP contribution in [0.3, 0.4) is 0 Å². The molecule has 1 nitrogen and oxygen atoms in total. The maximum absolute atomic E-state index is 15.3. The number of hydrogen-bond acceptors (Lipinski definition) is 1. The van der Waals surface area contributed by atoms with Crippen molar-refractivity contribution in [3.63, 3.8) is 0 Å². The molecule has 4 aromatic carbocycles. The van der Waals surface area contributed by atoms with Gasteiger partial charge in [0, 0.05) is 48.9 Å². The third kappa shape index (κ3) is 5.38. The lowest BCUT2D eigenvalue weighted by Gasteiger charge is -2.21. The smallest absolute Gasteiger partial charge is 0.325 e. The number of ether oxygens (including phenoxy) is 1. The Bertz CT molecular complexity index is 1330. The fourth-order valence-electron chi connectivity index (χ4n) is 3.37. The molecule has 34 heavy (non-hydrogen) atoms. The minimum atomic E-state index is -2.29. The van der Waals surface area contributed by atoms with E-state index in [1.54, 1.807) is 18.2 Å². The van der Waals surface area contributed by atoms with Crippen molar-refractivity contribution < 1.29 is 22.3 Å². The summed E-state index contributed by atoms with van der Waals surface area (Å²) in [5.41, 5.74) is 2.36. The van der Waals surface area contributed by atoms with E-state index in [0.29, 0.717) is 18.3 Å². The van der Waals surface area contributed by atoms with Crippen molar-refractivity contribution in [2.75, 3.05) is 0 Å². The van der Waals surface area contributed by atoms with Crippen LogP contribution in [0.15, 0.2) is 72.8 Å². The van der Waals surface area contributed by atoms with Crippen LogP contribution >= 0.6 is 67.8 Å². The van der Waals surface area contributed by atoms with Gasteiger partial charge < -0.3 is 4.74 Å². The predicted molar refractivity (Wildman–Crippen MR) is 151 cm³/mol. The highest BCUT2D eigenvalue weighted by Crippen LogP contribution is 2.39. The lowest BCUT2D eigenvalue weighted by atomic mass is 9.97. The number of hydrogen-bond donors (Lipinski definition) is 0. The summed E-state index contributed by atoms with van der Waals surface area (Å²) >= 11 is 5.29. The zero-order chi connectivity index (χ0) is 24.6. The van der Waals surface area contributed by atoms with E-state index in [4.69, 9.17) is 4.74 Å². The molecule has 0 N–H and O–H groups in total. The number of rotatable bonds is 5. The van der Waals surface area contributed by atoms with Gasteiger partial charge in [0.15, 0.2) is 11.6 Å². The number of benzene rings is 4. The molecule has 4 aromatic rings. The van der Waals surface area contributed by atoms with Gasteiger partial charge in [-0.2, -0.15) is 4.39 Å². The molecule has 0 bridgehead atoms. The van der Waals surface area contributed by atoms with Crippen LogP contribution in [0.5, 0.6) is 5.75 Å². The summed E-state index contributed by atoms with van der Waals surface area (Å²) in [7, 11) is 0. The van der Waals surface area contributed by atoms with Crippen LogP contribution in [-0.4, -0.2) is 0 Å². The maximum atomic E-state index is 15.3. The third-order valence-corrected chi connectivity index (χ3v) is 9.00. The molecule has 0 radical (unpaired) electrons. The molecular weight excluding hydrogens is 785 g/mol. The van der Waals surface area contributed by atoms with E-state index < -0.39 is 21.3 Å². The van der Waals surface area contributed by atoms with Crippen LogP contribution in [0.25, 0.3) is 22.3 Å². The van der Waals surface area contributed by atoms with E-state index in [-0.39, 0.29) is 22.4 Å². The monoisotopic (exact) mass is 800 g/mol. The van der Waals surface area contributed by atoms with Gasteiger partial charge in [-0.25, -0.2) is 13.2 Å². The molecule has 0 aliphatic heterocycles. The Morgan fingerprint density at radius 3 is 1.74 bits per heavy atom. The Balaban J connectivity index is 1.61. The summed E-state index contributed by atoms with van der Waals surface area (Å²) in [4.78, 5) is 0. The summed E-state index contributed by atoms with van der Waals surface area (Å²) in [6, 6.07) is 18.7. The van der Waals surface area contributed by atoms with Crippen molar-refractivity contribution in [2.45, 2.75) is 10.8 Å². The molecule has 4 rings (SSSR count). The molecular formula is C26H15F4I3O. The lowest BCUT2D eigenvalue weighted by Crippen LogP contribution is -2.19. The Morgan fingerprint density at radius 1 is 0.735 bits per heavy atom. The highest BCUT2D eigenvalue weighted by atomic mass is 127. The molecule has 0 amide bonds. The largest absolute Gasteiger partial charge is 0.446 e. The molecule has 0 fully saturated rings. The standard InChI is InChI=1S/C26H15F4I3O/c1-14-2-4-15(5-3-14)19-10-11-20(24(29)23(19)28)16-6-8-17(9-7-16)26(30,33)34-18-12-21(27)25(32)22(31)13-18/h2-13H,1H3. The average molecular weight is 800 g/mol. The van der Waals surface area contributed by atoms with E-state index >= 15 is 4.39 Å². The SMILES string of the molecule is Cc1ccc(-c2ccc(-c3ccc(C(F)(I)Oc4cc(F)c(I)c(I)c4)cc3)c(F)c2F)cc1. The van der Waals surface area contributed by atoms with Gasteiger partial charge in [0.05, 0.1) is 3.57 Å². The lowest BCUT2D eigenvalue weighted by molar-refractivity contribution is 0.0455. The molecule has 0 spiro atoms. The van der Waals surface area contributed by atoms with Crippen LogP contribution in [0.1, 0.15) is 11.1 Å². The van der Waals surface area contributed by atoms with Crippen LogP contribution < -0.4 is 4.74 Å². The highest BCUT2D eigenvalue weighted by Gasteiger charge is 2.31. The second-order valence-electron chi connectivity index (χ2n) is 7.55. The Morgan fingerprint density at radius 2 is 1.24 bits per heavy atom. The first kappa shape index (κ1) is 25.7. The van der Waals surface area contributed by atoms with Crippen molar-refractivity contribution in [3.8, 4) is 28.0 Å². The van der Waals surface area contributed by atoms with E-state index in [1.807, 2.05) is 64.2 Å². The topological polar surface area (TPSA) is 9.23 Å². The molecule has 0 saturated carbocycles. The molecule has 0 aliphatic carbocycles. The molecule has 1 atom stereocenters. The molecule has 174 valence electrons. The van der Waals surface area contributed by atoms with Crippen molar-refractivity contribution in [1.29, 1.82) is 0 Å². The van der Waals surface area contributed by atoms with E-state index in [9.17, 15) is 13.2 Å². The first-order chi connectivity index (χ1) is 16.1. The van der Waals surface area contributed by atoms with Crippen molar-refractivity contribution >= 4 is 67.8 Å². The van der Waals surface area contributed by atoms with Gasteiger partial charge in [-0.05, 0) is 69.3 Å². The molecule has 0 aliphatic rings. The van der Waals surface area contributed by atoms with Gasteiger partial charge in [-0.3, -0.25) is 0 Å². The average Bonchev–Trinajstić information content (AvgIpc) is 2.80. The molecule has 1 unspecified atom stereocenters. The van der Waals surface area contributed by atoms with Crippen LogP contribution in [-0.2, 0) is 3.86 Å². The minimum Gasteiger partial charge on any atom is -0.446 e. The van der Waals surface area contributed by atoms with Crippen molar-refractivity contribution in [2.24, 2.45) is 0 Å². The van der Waals surface area contributed by atoms with Gasteiger partial charge in [0.1, 0.15) is 11.6 Å². The first-order valence-electron chi connectivity index (χ1n) is 9.94. The van der Waals surface area contributed by atoms with E-state index in [2.05, 4.69) is 0 Å². The van der Waals surface area contributed by atoms with Crippen LogP contribution in [0, 0.1) is 31.5 Å². The summed E-state index contributed by atoms with van der Waals surface area (Å²) in [6.07, 6.45) is 0. The van der Waals surface area contributed by atoms with Crippen LogP contribution in [0.4, 0.5) is 17.6 Å². The predicted octanol–water partition coefficient (Wildman–Crippen LogP) is 9.55. The van der Waals surface area contributed by atoms with Gasteiger partial charge in [0.2, 0.25) is 0 Å². The third-order valence-electron chi connectivity index (χ3n) is 5.18. The Labute approximate surface area is 235 Å². The van der Waals surface area contributed by atoms with Crippen molar-refractivity contribution in [1.82, 2.24) is 0 Å². The summed E-state index contributed by atoms with van der Waals surface area (Å²) in [5.74, 6) is -2.38. The Hall–Kier alpha value is -1.41. The number of halogens is 7. The quantitative estimate of drug-likeness (QED) is 0.0847. The van der Waals surface area contributed by atoms with Gasteiger partial charge >= 0.3 is 3.86 Å². The van der Waals surface area contributed by atoms with Gasteiger partial charge in [-0.1, -0.05) is 66.2 Å². The zero-order valence-electron chi connectivity index (χ0n) is 17.5. The second kappa shape index (κ2) is 10.3. The van der Waals surface area contributed by atoms with E-state index in [1.165, 1.54) is 59.0 Å². The Kier molecular flexibility index (Phi) is 7.77. The fraction of sp³-hybridized carbons (Fsp3) is 0.0769. The first-order valence-corrected chi connectivity index (χ1v) is 13.2. The highest BCUT2D eigenvalue weighted by molar-refractivity contribution is 14.1. The number of alkyl halides is 2. The van der Waals surface area contributed by atoms with E-state index in [0.717, 1.165) is 11.6 Å². The zero-order valence-corrected chi connectivity index (χ0v) is 24.0. The van der Waals surface area contributed by atoms with Crippen LogP contribution in [0.2, 0.25) is 0 Å². The molecule has 0 aromatic heterocycles. The normalized spacial score (nSPS) is 12.9.